The van der Waals surface area contributed by atoms with E-state index in [0.717, 1.165) is 14.2 Å². The molecule has 7 heteroatoms. The monoisotopic (exact) mass is 222 g/mol. The summed E-state index contributed by atoms with van der Waals surface area (Å²) in [6, 6.07) is 0. The molecule has 0 amide bonds. The molecule has 0 unspecified atom stereocenters. The molecule has 0 aliphatic rings. The van der Waals surface area contributed by atoms with E-state index >= 15 is 0 Å². The van der Waals surface area contributed by atoms with Crippen molar-refractivity contribution in [3.63, 3.8) is 0 Å². The summed E-state index contributed by atoms with van der Waals surface area (Å²) >= 11 is 0. The van der Waals surface area contributed by atoms with Gasteiger partial charge in [0.05, 0.1) is 27.1 Å². The van der Waals surface area contributed by atoms with Crippen molar-refractivity contribution in [3.8, 4) is 0 Å². The average molecular weight is 222 g/mol. The lowest BCUT2D eigenvalue weighted by Gasteiger charge is -2.27. The van der Waals surface area contributed by atoms with Crippen LogP contribution in [0.25, 0.3) is 0 Å². The lowest BCUT2D eigenvalue weighted by atomic mass is 9.95. The molecule has 0 atom stereocenters. The van der Waals surface area contributed by atoms with E-state index in [2.05, 4.69) is 9.47 Å². The van der Waals surface area contributed by atoms with Gasteiger partial charge in [-0.25, -0.2) is 0 Å². The van der Waals surface area contributed by atoms with Crippen molar-refractivity contribution in [1.82, 2.24) is 0 Å². The summed E-state index contributed by atoms with van der Waals surface area (Å²) in [7, 11) is 2.15. The molecule has 0 rings (SSSR count). The molecule has 0 aromatic rings. The van der Waals surface area contributed by atoms with Crippen LogP contribution in [0.3, 0.4) is 0 Å². The molecule has 0 heterocycles. The molecular weight excluding hydrogens is 208 g/mol. The standard InChI is InChI=1S/C8H14O7/c1-14-5(9)3-8(13,7(11)12)4-6(10)15-2/h7,11-13H,3-4H2,1-2H3. The van der Waals surface area contributed by atoms with Gasteiger partial charge in [0.25, 0.3) is 0 Å². The van der Waals surface area contributed by atoms with Crippen LogP contribution < -0.4 is 0 Å². The number of esters is 2. The SMILES string of the molecule is COC(=O)CC(O)(CC(=O)OC)C(O)O. The number of ether oxygens (including phenoxy) is 2. The van der Waals surface area contributed by atoms with Crippen LogP contribution in [-0.4, -0.2) is 53.4 Å². The fraction of sp³-hybridized carbons (Fsp3) is 0.750. The quantitative estimate of drug-likeness (QED) is 0.369. The van der Waals surface area contributed by atoms with Crippen molar-refractivity contribution in [3.05, 3.63) is 0 Å². The van der Waals surface area contributed by atoms with Gasteiger partial charge in [-0.2, -0.15) is 0 Å². The Kier molecular flexibility index (Phi) is 5.20. The smallest absolute Gasteiger partial charge is 0.308 e. The van der Waals surface area contributed by atoms with Gasteiger partial charge in [0.1, 0.15) is 5.60 Å². The van der Waals surface area contributed by atoms with E-state index in [1.807, 2.05) is 0 Å². The van der Waals surface area contributed by atoms with Crippen molar-refractivity contribution < 1.29 is 34.4 Å². The number of hydrogen-bond acceptors (Lipinski definition) is 7. The molecule has 15 heavy (non-hydrogen) atoms. The Morgan fingerprint density at radius 1 is 1.13 bits per heavy atom. The normalized spacial score (nSPS) is 11.3. The molecule has 0 aromatic heterocycles. The molecule has 3 N–H and O–H groups in total. The first-order valence-electron chi connectivity index (χ1n) is 4.08. The Bertz CT molecular complexity index is 217. The molecule has 0 radical (unpaired) electrons. The summed E-state index contributed by atoms with van der Waals surface area (Å²) in [5.41, 5.74) is -2.29. The van der Waals surface area contributed by atoms with Crippen molar-refractivity contribution in [2.24, 2.45) is 0 Å². The van der Waals surface area contributed by atoms with Gasteiger partial charge in [-0.05, 0) is 0 Å². The Morgan fingerprint density at radius 3 is 1.67 bits per heavy atom. The largest absolute Gasteiger partial charge is 0.469 e. The van der Waals surface area contributed by atoms with Crippen LogP contribution in [0.4, 0.5) is 0 Å². The molecule has 0 aromatic carbocycles. The molecular formula is C8H14O7. The number of carbonyl (C=O) groups excluding carboxylic acids is 2. The maximum absolute atomic E-state index is 10.8. The Morgan fingerprint density at radius 2 is 1.47 bits per heavy atom. The lowest BCUT2D eigenvalue weighted by Crippen LogP contribution is -2.46. The summed E-state index contributed by atoms with van der Waals surface area (Å²) in [5, 5.41) is 27.3. The van der Waals surface area contributed by atoms with E-state index in [4.69, 9.17) is 10.2 Å². The second-order valence-corrected chi connectivity index (χ2v) is 2.98. The molecule has 0 bridgehead atoms. The van der Waals surface area contributed by atoms with Gasteiger partial charge in [-0.15, -0.1) is 0 Å². The highest BCUT2D eigenvalue weighted by Crippen LogP contribution is 2.20. The van der Waals surface area contributed by atoms with E-state index in [0.29, 0.717) is 0 Å². The third-order valence-corrected chi connectivity index (χ3v) is 1.84. The molecule has 0 saturated heterocycles. The van der Waals surface area contributed by atoms with E-state index in [9.17, 15) is 14.7 Å². The number of methoxy groups -OCH3 is 2. The molecule has 0 spiro atoms. The van der Waals surface area contributed by atoms with Gasteiger partial charge in [-0.3, -0.25) is 9.59 Å². The molecule has 0 saturated carbocycles. The maximum Gasteiger partial charge on any atom is 0.308 e. The lowest BCUT2D eigenvalue weighted by molar-refractivity contribution is -0.202. The Hall–Kier alpha value is -1.18. The summed E-state index contributed by atoms with van der Waals surface area (Å²) in [6.45, 7) is 0. The van der Waals surface area contributed by atoms with Gasteiger partial charge in [-0.1, -0.05) is 0 Å². The van der Waals surface area contributed by atoms with Crippen LogP contribution in [0.2, 0.25) is 0 Å². The van der Waals surface area contributed by atoms with Crippen LogP contribution in [0.15, 0.2) is 0 Å². The Labute approximate surface area is 86.2 Å². The second-order valence-electron chi connectivity index (χ2n) is 2.98. The zero-order valence-electron chi connectivity index (χ0n) is 8.47. The number of rotatable bonds is 5. The zero-order valence-corrected chi connectivity index (χ0v) is 8.47. The zero-order chi connectivity index (χ0) is 12.1. The van der Waals surface area contributed by atoms with Crippen LogP contribution in [0.1, 0.15) is 12.8 Å². The van der Waals surface area contributed by atoms with Gasteiger partial charge in [0, 0.05) is 0 Å². The predicted octanol–water partition coefficient (Wildman–Crippen LogP) is -1.85. The number of carbonyl (C=O) groups is 2. The third-order valence-electron chi connectivity index (χ3n) is 1.84. The van der Waals surface area contributed by atoms with Crippen molar-refractivity contribution in [2.75, 3.05) is 14.2 Å². The molecule has 0 aliphatic heterocycles. The molecule has 7 nitrogen and oxygen atoms in total. The van der Waals surface area contributed by atoms with Gasteiger partial charge in [0.2, 0.25) is 0 Å². The van der Waals surface area contributed by atoms with E-state index in [1.54, 1.807) is 0 Å². The van der Waals surface area contributed by atoms with Crippen molar-refractivity contribution in [2.45, 2.75) is 24.7 Å². The Balaban J connectivity index is 4.59. The first-order valence-corrected chi connectivity index (χ1v) is 4.08. The fourth-order valence-electron chi connectivity index (χ4n) is 0.889. The molecule has 0 fully saturated rings. The number of aliphatic hydroxyl groups excluding tert-OH is 1. The first-order chi connectivity index (χ1) is 6.85. The number of hydrogen-bond donors (Lipinski definition) is 3. The minimum absolute atomic E-state index is 0.712. The predicted molar refractivity (Wildman–Crippen MR) is 46.4 cm³/mol. The van der Waals surface area contributed by atoms with Crippen LogP contribution in [0, 0.1) is 0 Å². The van der Waals surface area contributed by atoms with E-state index in [-0.39, 0.29) is 0 Å². The van der Waals surface area contributed by atoms with Crippen LogP contribution in [0.5, 0.6) is 0 Å². The topological polar surface area (TPSA) is 113 Å². The van der Waals surface area contributed by atoms with Crippen molar-refractivity contribution >= 4 is 11.9 Å². The number of aliphatic hydroxyl groups is 3. The maximum atomic E-state index is 10.8. The van der Waals surface area contributed by atoms with Crippen LogP contribution >= 0.6 is 0 Å². The second kappa shape index (κ2) is 5.64. The first kappa shape index (κ1) is 13.8. The summed E-state index contributed by atoms with van der Waals surface area (Å²) in [4.78, 5) is 21.7. The average Bonchev–Trinajstić information content (AvgIpc) is 2.16. The molecule has 0 aliphatic carbocycles. The highest BCUT2D eigenvalue weighted by atomic mass is 16.5. The van der Waals surface area contributed by atoms with Crippen LogP contribution in [-0.2, 0) is 19.1 Å². The summed E-state index contributed by atoms with van der Waals surface area (Å²) < 4.78 is 8.48. The molecule has 88 valence electrons. The fourth-order valence-corrected chi connectivity index (χ4v) is 0.889. The minimum atomic E-state index is -2.29. The highest BCUT2D eigenvalue weighted by Gasteiger charge is 2.40. The third kappa shape index (κ3) is 4.24. The van der Waals surface area contributed by atoms with Crippen molar-refractivity contribution in [1.29, 1.82) is 0 Å². The highest BCUT2D eigenvalue weighted by molar-refractivity contribution is 5.74. The minimum Gasteiger partial charge on any atom is -0.469 e. The van der Waals surface area contributed by atoms with Gasteiger partial charge < -0.3 is 24.8 Å². The van der Waals surface area contributed by atoms with Gasteiger partial charge >= 0.3 is 11.9 Å². The van der Waals surface area contributed by atoms with Gasteiger partial charge in [0.15, 0.2) is 6.29 Å². The summed E-state index contributed by atoms with van der Waals surface area (Å²) in [6.07, 6.45) is -3.66. The summed E-state index contributed by atoms with van der Waals surface area (Å²) in [5.74, 6) is -1.73. The van der Waals surface area contributed by atoms with E-state index < -0.39 is 36.7 Å². The van der Waals surface area contributed by atoms with E-state index in [1.165, 1.54) is 0 Å².